The largest absolute Gasteiger partial charge is 0.355 e. The summed E-state index contributed by atoms with van der Waals surface area (Å²) < 4.78 is 0. The van der Waals surface area contributed by atoms with Gasteiger partial charge in [0.1, 0.15) is 11.6 Å². The third-order valence-electron chi connectivity index (χ3n) is 4.68. The SMILES string of the molecule is c1ccc(N2CCC3CCN(c4cnccn4)C3C2)nc1. The van der Waals surface area contributed by atoms with Crippen LogP contribution in [0.25, 0.3) is 0 Å². The molecule has 2 aliphatic rings. The number of anilines is 2. The molecule has 2 aromatic heterocycles. The molecule has 4 rings (SSSR count). The van der Waals surface area contributed by atoms with Gasteiger partial charge in [-0.3, -0.25) is 4.98 Å². The van der Waals surface area contributed by atoms with Gasteiger partial charge in [-0.15, -0.1) is 0 Å². The summed E-state index contributed by atoms with van der Waals surface area (Å²) in [6, 6.07) is 6.65. The van der Waals surface area contributed by atoms with Gasteiger partial charge in [0.15, 0.2) is 0 Å². The van der Waals surface area contributed by atoms with Crippen LogP contribution >= 0.6 is 0 Å². The van der Waals surface area contributed by atoms with Gasteiger partial charge in [0, 0.05) is 38.2 Å². The lowest BCUT2D eigenvalue weighted by molar-refractivity contribution is 0.388. The first-order valence-corrected chi connectivity index (χ1v) is 7.60. The quantitative estimate of drug-likeness (QED) is 0.842. The summed E-state index contributed by atoms with van der Waals surface area (Å²) >= 11 is 0. The summed E-state index contributed by atoms with van der Waals surface area (Å²) in [4.78, 5) is 18.0. The molecule has 0 saturated carbocycles. The highest BCUT2D eigenvalue weighted by molar-refractivity contribution is 5.44. The van der Waals surface area contributed by atoms with Crippen LogP contribution in [0.3, 0.4) is 0 Å². The van der Waals surface area contributed by atoms with Gasteiger partial charge in [0.25, 0.3) is 0 Å². The van der Waals surface area contributed by atoms with Crippen LogP contribution in [0, 0.1) is 5.92 Å². The summed E-state index contributed by atoms with van der Waals surface area (Å²) in [5, 5.41) is 0. The van der Waals surface area contributed by atoms with Gasteiger partial charge in [-0.2, -0.15) is 0 Å². The average Bonchev–Trinajstić information content (AvgIpc) is 2.99. The number of hydrogen-bond donors (Lipinski definition) is 0. The smallest absolute Gasteiger partial charge is 0.147 e. The van der Waals surface area contributed by atoms with Crippen molar-refractivity contribution in [3.05, 3.63) is 43.0 Å². The maximum absolute atomic E-state index is 4.49. The normalized spacial score (nSPS) is 25.0. The van der Waals surface area contributed by atoms with E-state index in [0.29, 0.717) is 6.04 Å². The number of hydrogen-bond acceptors (Lipinski definition) is 5. The third-order valence-corrected chi connectivity index (χ3v) is 4.68. The highest BCUT2D eigenvalue weighted by Crippen LogP contribution is 2.35. The minimum absolute atomic E-state index is 0.525. The Hall–Kier alpha value is -2.17. The van der Waals surface area contributed by atoms with E-state index in [1.165, 1.54) is 12.8 Å². The van der Waals surface area contributed by atoms with Crippen molar-refractivity contribution in [2.75, 3.05) is 29.4 Å². The standard InChI is InChI=1S/C16H19N5/c1-2-6-18-15(3-1)20-9-4-13-5-10-21(14(13)12-20)16-11-17-7-8-19-16/h1-3,6-8,11,13-14H,4-5,9-10,12H2. The van der Waals surface area contributed by atoms with Crippen LogP contribution in [0.4, 0.5) is 11.6 Å². The number of rotatable bonds is 2. The first-order valence-electron chi connectivity index (χ1n) is 7.60. The number of aromatic nitrogens is 3. The average molecular weight is 281 g/mol. The molecular weight excluding hydrogens is 262 g/mol. The van der Waals surface area contributed by atoms with Gasteiger partial charge in [-0.1, -0.05) is 6.07 Å². The lowest BCUT2D eigenvalue weighted by Gasteiger charge is -2.39. The first-order chi connectivity index (χ1) is 10.4. The van der Waals surface area contributed by atoms with Gasteiger partial charge in [-0.05, 0) is 30.9 Å². The van der Waals surface area contributed by atoms with Gasteiger partial charge in [0.05, 0.1) is 12.2 Å². The molecule has 0 amide bonds. The van der Waals surface area contributed by atoms with Crippen molar-refractivity contribution in [1.29, 1.82) is 0 Å². The maximum Gasteiger partial charge on any atom is 0.147 e. The van der Waals surface area contributed by atoms with Crippen LogP contribution < -0.4 is 9.80 Å². The van der Waals surface area contributed by atoms with E-state index < -0.39 is 0 Å². The lowest BCUT2D eigenvalue weighted by Crippen LogP contribution is -2.48. The number of fused-ring (bicyclic) bond motifs is 1. The molecule has 0 spiro atoms. The van der Waals surface area contributed by atoms with Crippen LogP contribution in [0.5, 0.6) is 0 Å². The molecule has 4 heterocycles. The van der Waals surface area contributed by atoms with Crippen LogP contribution in [0.2, 0.25) is 0 Å². The van der Waals surface area contributed by atoms with E-state index in [-0.39, 0.29) is 0 Å². The molecule has 21 heavy (non-hydrogen) atoms. The second-order valence-electron chi connectivity index (χ2n) is 5.80. The Bertz CT molecular complexity index is 588. The van der Waals surface area contributed by atoms with E-state index >= 15 is 0 Å². The van der Waals surface area contributed by atoms with E-state index in [1.807, 2.05) is 18.5 Å². The molecule has 108 valence electrons. The van der Waals surface area contributed by atoms with E-state index in [9.17, 15) is 0 Å². The Kier molecular flexibility index (Phi) is 3.18. The van der Waals surface area contributed by atoms with Gasteiger partial charge in [-0.25, -0.2) is 9.97 Å². The molecule has 2 unspecified atom stereocenters. The fraction of sp³-hybridized carbons (Fsp3) is 0.438. The Balaban J connectivity index is 1.56. The molecule has 0 aliphatic carbocycles. The van der Waals surface area contributed by atoms with Crippen molar-refractivity contribution in [3.63, 3.8) is 0 Å². The van der Waals surface area contributed by atoms with Crippen molar-refractivity contribution in [2.24, 2.45) is 5.92 Å². The van der Waals surface area contributed by atoms with Gasteiger partial charge >= 0.3 is 0 Å². The molecule has 2 fully saturated rings. The summed E-state index contributed by atoms with van der Waals surface area (Å²) in [5.74, 6) is 2.86. The van der Waals surface area contributed by atoms with E-state index in [4.69, 9.17) is 0 Å². The monoisotopic (exact) mass is 281 g/mol. The van der Waals surface area contributed by atoms with E-state index in [2.05, 4.69) is 36.9 Å². The second-order valence-corrected chi connectivity index (χ2v) is 5.80. The predicted octanol–water partition coefficient (Wildman–Crippen LogP) is 1.98. The molecule has 0 bridgehead atoms. The van der Waals surface area contributed by atoms with Crippen molar-refractivity contribution >= 4 is 11.6 Å². The molecule has 2 aromatic rings. The maximum atomic E-state index is 4.49. The molecule has 0 aromatic carbocycles. The van der Waals surface area contributed by atoms with E-state index in [1.54, 1.807) is 12.4 Å². The van der Waals surface area contributed by atoms with Gasteiger partial charge < -0.3 is 9.80 Å². The van der Waals surface area contributed by atoms with Crippen molar-refractivity contribution < 1.29 is 0 Å². The lowest BCUT2D eigenvalue weighted by atomic mass is 9.92. The minimum atomic E-state index is 0.525. The highest BCUT2D eigenvalue weighted by atomic mass is 15.3. The molecule has 5 nitrogen and oxygen atoms in total. The highest BCUT2D eigenvalue weighted by Gasteiger charge is 2.39. The van der Waals surface area contributed by atoms with E-state index in [0.717, 1.165) is 37.2 Å². The van der Waals surface area contributed by atoms with Gasteiger partial charge in [0.2, 0.25) is 0 Å². The summed E-state index contributed by atoms with van der Waals surface area (Å²) in [7, 11) is 0. The molecular formula is C16H19N5. The summed E-state index contributed by atoms with van der Waals surface area (Å²) in [5.41, 5.74) is 0. The topological polar surface area (TPSA) is 45.2 Å². The van der Waals surface area contributed by atoms with Crippen LogP contribution in [-0.2, 0) is 0 Å². The zero-order chi connectivity index (χ0) is 14.1. The second kappa shape index (κ2) is 5.31. The Morgan fingerprint density at radius 2 is 1.86 bits per heavy atom. The molecule has 2 atom stereocenters. The molecule has 2 aliphatic heterocycles. The predicted molar refractivity (Wildman–Crippen MR) is 82.3 cm³/mol. The summed E-state index contributed by atoms with van der Waals surface area (Å²) in [6.07, 6.45) is 9.76. The minimum Gasteiger partial charge on any atom is -0.355 e. The number of nitrogens with zero attached hydrogens (tertiary/aromatic N) is 5. The molecule has 2 saturated heterocycles. The van der Waals surface area contributed by atoms with Crippen LogP contribution in [-0.4, -0.2) is 40.6 Å². The first kappa shape index (κ1) is 12.6. The third kappa shape index (κ3) is 2.33. The van der Waals surface area contributed by atoms with Crippen molar-refractivity contribution in [3.8, 4) is 0 Å². The Morgan fingerprint density at radius 3 is 2.67 bits per heavy atom. The molecule has 5 heteroatoms. The Labute approximate surface area is 124 Å². The fourth-order valence-electron chi connectivity index (χ4n) is 3.61. The zero-order valence-electron chi connectivity index (χ0n) is 12.0. The summed E-state index contributed by atoms with van der Waals surface area (Å²) in [6.45, 7) is 3.22. The molecule has 0 N–H and O–H groups in total. The zero-order valence-corrected chi connectivity index (χ0v) is 12.0. The molecule has 0 radical (unpaired) electrons. The number of pyridine rings is 1. The van der Waals surface area contributed by atoms with Crippen LogP contribution in [0.1, 0.15) is 12.8 Å². The van der Waals surface area contributed by atoms with Crippen molar-refractivity contribution in [1.82, 2.24) is 15.0 Å². The van der Waals surface area contributed by atoms with Crippen LogP contribution in [0.15, 0.2) is 43.0 Å². The number of piperidine rings is 1. The Morgan fingerprint density at radius 1 is 0.952 bits per heavy atom. The fourth-order valence-corrected chi connectivity index (χ4v) is 3.61. The van der Waals surface area contributed by atoms with Crippen molar-refractivity contribution in [2.45, 2.75) is 18.9 Å².